The van der Waals surface area contributed by atoms with Crippen molar-refractivity contribution in [1.82, 2.24) is 10.3 Å². The van der Waals surface area contributed by atoms with Gasteiger partial charge in [0.25, 0.3) is 5.91 Å². The van der Waals surface area contributed by atoms with Gasteiger partial charge in [0, 0.05) is 18.8 Å². The lowest BCUT2D eigenvalue weighted by Gasteiger charge is -2.27. The molecule has 4 nitrogen and oxygen atoms in total. The van der Waals surface area contributed by atoms with E-state index in [4.69, 9.17) is 11.6 Å². The highest BCUT2D eigenvalue weighted by Crippen LogP contribution is 2.24. The van der Waals surface area contributed by atoms with Crippen molar-refractivity contribution in [2.75, 3.05) is 11.9 Å². The summed E-state index contributed by atoms with van der Waals surface area (Å²) in [6, 6.07) is 2.00. The Morgan fingerprint density at radius 1 is 1.48 bits per heavy atom. The lowest BCUT2D eigenvalue weighted by Crippen LogP contribution is -2.38. The van der Waals surface area contributed by atoms with Crippen molar-refractivity contribution < 1.29 is 4.79 Å². The second-order valence-electron chi connectivity index (χ2n) is 5.92. The van der Waals surface area contributed by atoms with Gasteiger partial charge in [-0.05, 0) is 31.2 Å². The minimum atomic E-state index is -0.0963. The number of amides is 1. The smallest absolute Gasteiger partial charge is 0.253 e. The monoisotopic (exact) mass is 309 g/mol. The van der Waals surface area contributed by atoms with Crippen molar-refractivity contribution in [3.63, 3.8) is 0 Å². The van der Waals surface area contributed by atoms with E-state index in [-0.39, 0.29) is 11.9 Å². The summed E-state index contributed by atoms with van der Waals surface area (Å²) in [5.74, 6) is 1.28. The molecule has 2 rings (SSSR count). The van der Waals surface area contributed by atoms with Crippen LogP contribution >= 0.6 is 11.6 Å². The Morgan fingerprint density at radius 2 is 2.29 bits per heavy atom. The van der Waals surface area contributed by atoms with Gasteiger partial charge in [0.15, 0.2) is 0 Å². The van der Waals surface area contributed by atoms with Crippen LogP contribution in [0.15, 0.2) is 12.3 Å². The predicted molar refractivity (Wildman–Crippen MR) is 86.9 cm³/mol. The fraction of sp³-hybridized carbons (Fsp3) is 0.625. The highest BCUT2D eigenvalue weighted by atomic mass is 35.5. The van der Waals surface area contributed by atoms with Crippen molar-refractivity contribution >= 4 is 23.3 Å². The highest BCUT2D eigenvalue weighted by Gasteiger charge is 2.22. The molecule has 0 radical (unpaired) electrons. The molecule has 0 aromatic carbocycles. The van der Waals surface area contributed by atoms with Crippen molar-refractivity contribution in [3.8, 4) is 0 Å². The van der Waals surface area contributed by atoms with Crippen LogP contribution in [0.1, 0.15) is 56.3 Å². The molecule has 0 bridgehead atoms. The van der Waals surface area contributed by atoms with Crippen molar-refractivity contribution in [1.29, 1.82) is 0 Å². The normalized spacial score (nSPS) is 21.9. The maximum absolute atomic E-state index is 12.4. The van der Waals surface area contributed by atoms with E-state index in [1.54, 1.807) is 6.07 Å². The number of nitrogens with one attached hydrogen (secondary N) is 2. The number of pyridine rings is 1. The van der Waals surface area contributed by atoms with Crippen LogP contribution < -0.4 is 10.6 Å². The van der Waals surface area contributed by atoms with Crippen LogP contribution in [0.5, 0.6) is 0 Å². The number of halogens is 1. The number of carbonyl (C=O) groups is 1. The third-order valence-corrected chi connectivity index (χ3v) is 4.23. The molecular weight excluding hydrogens is 286 g/mol. The molecular formula is C16H24ClN3O. The van der Waals surface area contributed by atoms with Crippen molar-refractivity contribution in [2.24, 2.45) is 5.92 Å². The van der Waals surface area contributed by atoms with Crippen molar-refractivity contribution in [2.45, 2.75) is 52.0 Å². The molecule has 1 saturated carbocycles. The van der Waals surface area contributed by atoms with Gasteiger partial charge in [0.2, 0.25) is 0 Å². The Bertz CT molecular complexity index is 492. The van der Waals surface area contributed by atoms with E-state index in [1.807, 2.05) is 0 Å². The molecule has 21 heavy (non-hydrogen) atoms. The van der Waals surface area contributed by atoms with Gasteiger partial charge in [-0.15, -0.1) is 0 Å². The van der Waals surface area contributed by atoms with E-state index >= 15 is 0 Å². The summed E-state index contributed by atoms with van der Waals surface area (Å²) in [5.41, 5.74) is 0.503. The maximum atomic E-state index is 12.4. The summed E-state index contributed by atoms with van der Waals surface area (Å²) in [6.07, 6.45) is 7.09. The maximum Gasteiger partial charge on any atom is 0.253 e. The fourth-order valence-electron chi connectivity index (χ4n) is 2.79. The van der Waals surface area contributed by atoms with Crippen LogP contribution in [0.25, 0.3) is 0 Å². The first-order valence-corrected chi connectivity index (χ1v) is 8.18. The van der Waals surface area contributed by atoms with Gasteiger partial charge in [-0.1, -0.05) is 38.3 Å². The average Bonchev–Trinajstić information content (AvgIpc) is 2.46. The third-order valence-electron chi connectivity index (χ3n) is 3.93. The van der Waals surface area contributed by atoms with Gasteiger partial charge >= 0.3 is 0 Å². The summed E-state index contributed by atoms with van der Waals surface area (Å²) in [5, 5.41) is 6.69. The summed E-state index contributed by atoms with van der Waals surface area (Å²) in [4.78, 5) is 16.6. The SMILES string of the molecule is CCCNc1cc(C(=O)NC2CCCC(C)C2)c(Cl)cn1. The Labute approximate surface area is 131 Å². The van der Waals surface area contributed by atoms with Crippen LogP contribution in [0, 0.1) is 5.92 Å². The number of anilines is 1. The lowest BCUT2D eigenvalue weighted by atomic mass is 9.87. The van der Waals surface area contributed by atoms with E-state index in [9.17, 15) is 4.79 Å². The van der Waals surface area contributed by atoms with Crippen LogP contribution in [0.2, 0.25) is 5.02 Å². The fourth-order valence-corrected chi connectivity index (χ4v) is 2.98. The Morgan fingerprint density at radius 3 is 3.00 bits per heavy atom. The van der Waals surface area contributed by atoms with E-state index in [1.165, 1.54) is 19.0 Å². The molecule has 2 N–H and O–H groups in total. The van der Waals surface area contributed by atoms with Crippen LogP contribution in [-0.2, 0) is 0 Å². The van der Waals surface area contributed by atoms with Gasteiger partial charge < -0.3 is 10.6 Å². The molecule has 1 aliphatic rings. The summed E-state index contributed by atoms with van der Waals surface area (Å²) >= 11 is 6.12. The van der Waals surface area contributed by atoms with Gasteiger partial charge in [0.1, 0.15) is 5.82 Å². The number of carbonyl (C=O) groups excluding carboxylic acids is 1. The van der Waals surface area contributed by atoms with Crippen molar-refractivity contribution in [3.05, 3.63) is 22.8 Å². The molecule has 1 amide bonds. The Balaban J connectivity index is 2.03. The van der Waals surface area contributed by atoms with Crippen LogP contribution in [-0.4, -0.2) is 23.5 Å². The molecule has 1 aliphatic carbocycles. The second kappa shape index (κ2) is 7.64. The zero-order valence-corrected chi connectivity index (χ0v) is 13.5. The molecule has 2 atom stereocenters. The molecule has 5 heteroatoms. The van der Waals surface area contributed by atoms with Gasteiger partial charge in [-0.3, -0.25) is 4.79 Å². The molecule has 1 aromatic rings. The first-order chi connectivity index (χ1) is 10.1. The summed E-state index contributed by atoms with van der Waals surface area (Å²) in [7, 11) is 0. The van der Waals surface area contributed by atoms with Gasteiger partial charge in [0.05, 0.1) is 10.6 Å². The van der Waals surface area contributed by atoms with Gasteiger partial charge in [-0.25, -0.2) is 4.98 Å². The lowest BCUT2D eigenvalue weighted by molar-refractivity contribution is 0.0921. The largest absolute Gasteiger partial charge is 0.370 e. The topological polar surface area (TPSA) is 54.0 Å². The molecule has 1 fully saturated rings. The molecule has 1 heterocycles. The first-order valence-electron chi connectivity index (χ1n) is 7.80. The number of rotatable bonds is 5. The quantitative estimate of drug-likeness (QED) is 0.868. The van der Waals surface area contributed by atoms with E-state index < -0.39 is 0 Å². The first kappa shape index (κ1) is 16.1. The average molecular weight is 310 g/mol. The predicted octanol–water partition coefficient (Wildman–Crippen LogP) is 3.87. The minimum absolute atomic E-state index is 0.0963. The molecule has 1 aromatic heterocycles. The molecule has 0 spiro atoms. The van der Waals surface area contributed by atoms with E-state index in [2.05, 4.69) is 29.5 Å². The van der Waals surface area contributed by atoms with E-state index in [0.717, 1.165) is 25.8 Å². The van der Waals surface area contributed by atoms with Crippen LogP contribution in [0.4, 0.5) is 5.82 Å². The number of hydrogen-bond acceptors (Lipinski definition) is 3. The molecule has 0 saturated heterocycles. The van der Waals surface area contributed by atoms with E-state index in [0.29, 0.717) is 22.3 Å². The zero-order chi connectivity index (χ0) is 15.2. The zero-order valence-electron chi connectivity index (χ0n) is 12.8. The summed E-state index contributed by atoms with van der Waals surface area (Å²) in [6.45, 7) is 5.15. The van der Waals surface area contributed by atoms with Crippen LogP contribution in [0.3, 0.4) is 0 Å². The molecule has 0 aliphatic heterocycles. The third kappa shape index (κ3) is 4.60. The standard InChI is InChI=1S/C16H24ClN3O/c1-3-7-18-15-9-13(14(17)10-19-15)16(21)20-12-6-4-5-11(2)8-12/h9-12H,3-8H2,1-2H3,(H,18,19)(H,20,21). The minimum Gasteiger partial charge on any atom is -0.370 e. The molecule has 116 valence electrons. The molecule has 2 unspecified atom stereocenters. The number of hydrogen-bond donors (Lipinski definition) is 2. The Kier molecular flexibility index (Phi) is 5.85. The summed E-state index contributed by atoms with van der Waals surface area (Å²) < 4.78 is 0. The number of aromatic nitrogens is 1. The highest BCUT2D eigenvalue weighted by molar-refractivity contribution is 6.33. The second-order valence-corrected chi connectivity index (χ2v) is 6.33. The van der Waals surface area contributed by atoms with Gasteiger partial charge in [-0.2, -0.15) is 0 Å². The Hall–Kier alpha value is -1.29. The number of nitrogens with zero attached hydrogens (tertiary/aromatic N) is 1.